The van der Waals surface area contributed by atoms with Crippen LogP contribution in [-0.4, -0.2) is 20.9 Å². The summed E-state index contributed by atoms with van der Waals surface area (Å²) in [6, 6.07) is 13.4. The minimum Gasteiger partial charge on any atom is -0.312 e. The van der Waals surface area contributed by atoms with Crippen molar-refractivity contribution in [2.75, 3.05) is 16.2 Å². The summed E-state index contributed by atoms with van der Waals surface area (Å²) in [7, 11) is -3.67. The van der Waals surface area contributed by atoms with Crippen LogP contribution in [0.1, 0.15) is 19.3 Å². The highest BCUT2D eigenvalue weighted by Crippen LogP contribution is 2.24. The Bertz CT molecular complexity index is 850. The number of carbonyl (C=O) groups is 1. The lowest BCUT2D eigenvalue weighted by molar-refractivity contribution is -0.119. The predicted molar refractivity (Wildman–Crippen MR) is 97.6 cm³/mol. The largest absolute Gasteiger partial charge is 0.312 e. The van der Waals surface area contributed by atoms with Crippen LogP contribution in [0.4, 0.5) is 11.4 Å². The van der Waals surface area contributed by atoms with Crippen LogP contribution in [-0.2, 0) is 14.8 Å². The van der Waals surface area contributed by atoms with Gasteiger partial charge >= 0.3 is 0 Å². The van der Waals surface area contributed by atoms with Crippen LogP contribution < -0.4 is 9.62 Å². The molecular formula is C17H17BrN2O3S. The zero-order valence-electron chi connectivity index (χ0n) is 12.9. The molecular weight excluding hydrogens is 392 g/mol. The number of halogens is 1. The summed E-state index contributed by atoms with van der Waals surface area (Å²) in [6.45, 7) is 0.682. The lowest BCUT2D eigenvalue weighted by Crippen LogP contribution is -2.35. The number of nitrogens with one attached hydrogen (secondary N) is 1. The van der Waals surface area contributed by atoms with E-state index < -0.39 is 10.0 Å². The maximum Gasteiger partial charge on any atom is 0.261 e. The molecule has 1 saturated heterocycles. The van der Waals surface area contributed by atoms with Crippen molar-refractivity contribution in [1.29, 1.82) is 0 Å². The van der Waals surface area contributed by atoms with E-state index in [0.29, 0.717) is 18.7 Å². The second-order valence-corrected chi connectivity index (χ2v) is 8.21. The zero-order chi connectivity index (χ0) is 17.2. The van der Waals surface area contributed by atoms with Crippen molar-refractivity contribution in [2.45, 2.75) is 24.2 Å². The van der Waals surface area contributed by atoms with Gasteiger partial charge in [-0.05, 0) is 55.3 Å². The van der Waals surface area contributed by atoms with Gasteiger partial charge < -0.3 is 4.90 Å². The van der Waals surface area contributed by atoms with Crippen LogP contribution in [0.15, 0.2) is 57.9 Å². The lowest BCUT2D eigenvalue weighted by atomic mass is 10.1. The van der Waals surface area contributed by atoms with E-state index in [1.54, 1.807) is 35.2 Å². The molecule has 0 saturated carbocycles. The van der Waals surface area contributed by atoms with Crippen molar-refractivity contribution >= 4 is 43.2 Å². The Morgan fingerprint density at radius 2 is 1.79 bits per heavy atom. The van der Waals surface area contributed by atoms with Crippen LogP contribution in [0.2, 0.25) is 0 Å². The van der Waals surface area contributed by atoms with Crippen molar-refractivity contribution < 1.29 is 13.2 Å². The standard InChI is InChI=1S/C17H17BrN2O3S/c18-13-4-3-5-14(12-13)19-24(22,23)16-9-7-15(8-10-16)20-11-2-1-6-17(20)21/h3-5,7-10,12,19H,1-2,6,11H2. The van der Waals surface area contributed by atoms with Gasteiger partial charge in [-0.1, -0.05) is 22.0 Å². The highest BCUT2D eigenvalue weighted by atomic mass is 79.9. The number of piperidine rings is 1. The lowest BCUT2D eigenvalue weighted by Gasteiger charge is -2.26. The van der Waals surface area contributed by atoms with Gasteiger partial charge in [0.05, 0.1) is 4.90 Å². The normalized spacial score (nSPS) is 15.4. The van der Waals surface area contributed by atoms with E-state index in [9.17, 15) is 13.2 Å². The Labute approximate surface area is 149 Å². The van der Waals surface area contributed by atoms with Crippen LogP contribution in [0.3, 0.4) is 0 Å². The Morgan fingerprint density at radius 3 is 2.46 bits per heavy atom. The van der Waals surface area contributed by atoms with Crippen molar-refractivity contribution in [3.05, 3.63) is 53.0 Å². The van der Waals surface area contributed by atoms with Crippen LogP contribution >= 0.6 is 15.9 Å². The van der Waals surface area contributed by atoms with Gasteiger partial charge in [-0.2, -0.15) is 0 Å². The Morgan fingerprint density at radius 1 is 1.04 bits per heavy atom. The minimum atomic E-state index is -3.67. The number of amides is 1. The van der Waals surface area contributed by atoms with Gasteiger partial charge in [-0.25, -0.2) is 8.42 Å². The number of nitrogens with zero attached hydrogens (tertiary/aromatic N) is 1. The number of sulfonamides is 1. The molecule has 7 heteroatoms. The van der Waals surface area contributed by atoms with Crippen LogP contribution in [0, 0.1) is 0 Å². The molecule has 2 aromatic rings. The molecule has 1 aliphatic heterocycles. The quantitative estimate of drug-likeness (QED) is 0.836. The molecule has 3 rings (SSSR count). The zero-order valence-corrected chi connectivity index (χ0v) is 15.3. The fraction of sp³-hybridized carbons (Fsp3) is 0.235. The second-order valence-electron chi connectivity index (χ2n) is 5.61. The van der Waals surface area contributed by atoms with Crippen molar-refractivity contribution in [3.8, 4) is 0 Å². The molecule has 0 aliphatic carbocycles. The van der Waals surface area contributed by atoms with E-state index >= 15 is 0 Å². The first-order valence-electron chi connectivity index (χ1n) is 7.64. The Kier molecular flexibility index (Phi) is 4.91. The SMILES string of the molecule is O=C1CCCCN1c1ccc(S(=O)(=O)Nc2cccc(Br)c2)cc1. The summed E-state index contributed by atoms with van der Waals surface area (Å²) < 4.78 is 28.3. The third kappa shape index (κ3) is 3.79. The summed E-state index contributed by atoms with van der Waals surface area (Å²) in [6.07, 6.45) is 2.43. The number of rotatable bonds is 4. The first kappa shape index (κ1) is 17.0. The molecule has 1 fully saturated rings. The highest BCUT2D eigenvalue weighted by molar-refractivity contribution is 9.10. The monoisotopic (exact) mass is 408 g/mol. The third-order valence-electron chi connectivity index (χ3n) is 3.86. The molecule has 0 unspecified atom stereocenters. The fourth-order valence-corrected chi connectivity index (χ4v) is 4.10. The number of hydrogen-bond donors (Lipinski definition) is 1. The number of hydrogen-bond acceptors (Lipinski definition) is 3. The van der Waals surface area contributed by atoms with Gasteiger partial charge in [-0.15, -0.1) is 0 Å². The molecule has 0 radical (unpaired) electrons. The minimum absolute atomic E-state index is 0.0871. The van der Waals surface area contributed by atoms with Gasteiger partial charge in [0.1, 0.15) is 0 Å². The molecule has 1 aliphatic rings. The molecule has 1 heterocycles. The van der Waals surface area contributed by atoms with Crippen molar-refractivity contribution in [1.82, 2.24) is 0 Å². The summed E-state index contributed by atoms with van der Waals surface area (Å²) in [4.78, 5) is 13.8. The summed E-state index contributed by atoms with van der Waals surface area (Å²) in [5, 5.41) is 0. The maximum atomic E-state index is 12.5. The molecule has 5 nitrogen and oxygen atoms in total. The van der Waals surface area contributed by atoms with E-state index in [4.69, 9.17) is 0 Å². The van der Waals surface area contributed by atoms with Crippen molar-refractivity contribution in [3.63, 3.8) is 0 Å². The van der Waals surface area contributed by atoms with E-state index in [-0.39, 0.29) is 10.8 Å². The molecule has 0 aromatic heterocycles. The van der Waals surface area contributed by atoms with Gasteiger partial charge in [0.25, 0.3) is 10.0 Å². The van der Waals surface area contributed by atoms with E-state index in [1.807, 2.05) is 6.07 Å². The average Bonchev–Trinajstić information content (AvgIpc) is 2.55. The van der Waals surface area contributed by atoms with Crippen LogP contribution in [0.5, 0.6) is 0 Å². The topological polar surface area (TPSA) is 66.5 Å². The van der Waals surface area contributed by atoms with Gasteiger partial charge in [0.2, 0.25) is 5.91 Å². The molecule has 1 N–H and O–H groups in total. The van der Waals surface area contributed by atoms with Crippen molar-refractivity contribution in [2.24, 2.45) is 0 Å². The molecule has 0 spiro atoms. The van der Waals surface area contributed by atoms with E-state index in [0.717, 1.165) is 23.0 Å². The summed E-state index contributed by atoms with van der Waals surface area (Å²) in [5.41, 5.74) is 1.22. The fourth-order valence-electron chi connectivity index (χ4n) is 2.65. The molecule has 0 atom stereocenters. The smallest absolute Gasteiger partial charge is 0.261 e. The predicted octanol–water partition coefficient (Wildman–Crippen LogP) is 3.77. The molecule has 0 bridgehead atoms. The first-order chi connectivity index (χ1) is 11.5. The highest BCUT2D eigenvalue weighted by Gasteiger charge is 2.20. The second kappa shape index (κ2) is 6.94. The molecule has 126 valence electrons. The Balaban J connectivity index is 1.80. The van der Waals surface area contributed by atoms with E-state index in [2.05, 4.69) is 20.7 Å². The van der Waals surface area contributed by atoms with Crippen LogP contribution in [0.25, 0.3) is 0 Å². The molecule has 2 aromatic carbocycles. The number of benzene rings is 2. The Hall–Kier alpha value is -1.86. The number of carbonyl (C=O) groups excluding carboxylic acids is 1. The third-order valence-corrected chi connectivity index (χ3v) is 5.75. The van der Waals surface area contributed by atoms with Gasteiger partial charge in [0, 0.05) is 28.8 Å². The number of anilines is 2. The van der Waals surface area contributed by atoms with Gasteiger partial charge in [0.15, 0.2) is 0 Å². The van der Waals surface area contributed by atoms with E-state index in [1.165, 1.54) is 12.1 Å². The summed E-state index contributed by atoms with van der Waals surface area (Å²) in [5.74, 6) is 0.0871. The summed E-state index contributed by atoms with van der Waals surface area (Å²) >= 11 is 3.31. The molecule has 24 heavy (non-hydrogen) atoms. The average molecular weight is 409 g/mol. The van der Waals surface area contributed by atoms with Gasteiger partial charge in [-0.3, -0.25) is 9.52 Å². The molecule has 1 amide bonds. The maximum absolute atomic E-state index is 12.5. The first-order valence-corrected chi connectivity index (χ1v) is 9.92.